The quantitative estimate of drug-likeness (QED) is 0.723. The van der Waals surface area contributed by atoms with Gasteiger partial charge in [-0.3, -0.25) is 0 Å². The van der Waals surface area contributed by atoms with Crippen LogP contribution in [0.15, 0.2) is 12.3 Å². The number of esters is 1. The minimum Gasteiger partial charge on any atom is -0.506 e. The maximum atomic E-state index is 13.2. The lowest BCUT2D eigenvalue weighted by Gasteiger charge is -2.19. The molecule has 5 heteroatoms. The summed E-state index contributed by atoms with van der Waals surface area (Å²) in [6.07, 6.45) is 0.988. The molecule has 0 amide bonds. The average Bonchev–Trinajstić information content (AvgIpc) is 1.99. The molecule has 0 fully saturated rings. The number of pyridine rings is 1. The third-order valence-corrected chi connectivity index (χ3v) is 1.42. The summed E-state index contributed by atoms with van der Waals surface area (Å²) < 4.78 is 18.1. The van der Waals surface area contributed by atoms with E-state index < -0.39 is 23.1 Å². The first kappa shape index (κ1) is 11.4. The molecule has 0 radical (unpaired) electrons. The van der Waals surface area contributed by atoms with Gasteiger partial charge in [-0.25, -0.2) is 14.2 Å². The first-order chi connectivity index (χ1) is 6.79. The predicted molar refractivity (Wildman–Crippen MR) is 51.0 cm³/mol. The van der Waals surface area contributed by atoms with Crippen LogP contribution in [0.2, 0.25) is 0 Å². The summed E-state index contributed by atoms with van der Waals surface area (Å²) in [4.78, 5) is 14.8. The van der Waals surface area contributed by atoms with E-state index in [0.29, 0.717) is 0 Å². The molecule has 0 aliphatic rings. The van der Waals surface area contributed by atoms with Gasteiger partial charge in [-0.05, 0) is 20.8 Å². The van der Waals surface area contributed by atoms with Gasteiger partial charge >= 0.3 is 5.97 Å². The van der Waals surface area contributed by atoms with E-state index in [9.17, 15) is 9.18 Å². The van der Waals surface area contributed by atoms with Crippen LogP contribution in [-0.2, 0) is 4.74 Å². The van der Waals surface area contributed by atoms with E-state index in [1.807, 2.05) is 0 Å². The first-order valence-electron chi connectivity index (χ1n) is 4.37. The molecule has 0 unspecified atom stereocenters. The standard InChI is InChI=1S/C10H12FNO3/c1-10(2,3)15-9(14)8-7(11)4-6(13)5-12-8/h4-5,13H,1-3H3. The van der Waals surface area contributed by atoms with Crippen molar-refractivity contribution in [2.45, 2.75) is 26.4 Å². The highest BCUT2D eigenvalue weighted by atomic mass is 19.1. The summed E-state index contributed by atoms with van der Waals surface area (Å²) in [6, 6.07) is 0.812. The van der Waals surface area contributed by atoms with Crippen molar-refractivity contribution in [2.75, 3.05) is 0 Å². The smallest absolute Gasteiger partial charge is 0.360 e. The van der Waals surface area contributed by atoms with Crippen molar-refractivity contribution in [1.29, 1.82) is 0 Å². The van der Waals surface area contributed by atoms with Crippen molar-refractivity contribution in [2.24, 2.45) is 0 Å². The molecule has 1 rings (SSSR count). The molecule has 0 aliphatic carbocycles. The molecule has 0 aliphatic heterocycles. The Labute approximate surface area is 86.7 Å². The van der Waals surface area contributed by atoms with Crippen molar-refractivity contribution in [3.05, 3.63) is 23.8 Å². The summed E-state index contributed by atoms with van der Waals surface area (Å²) in [7, 11) is 0. The molecule has 1 heterocycles. The molecule has 1 N–H and O–H groups in total. The zero-order valence-electron chi connectivity index (χ0n) is 8.74. The minimum atomic E-state index is -0.899. The van der Waals surface area contributed by atoms with E-state index in [4.69, 9.17) is 9.84 Å². The summed E-state index contributed by atoms with van der Waals surface area (Å²) in [5.41, 5.74) is -1.13. The Kier molecular flexibility index (Phi) is 2.93. The second-order valence-corrected chi connectivity index (χ2v) is 4.03. The minimum absolute atomic E-state index is 0.334. The van der Waals surface area contributed by atoms with E-state index in [-0.39, 0.29) is 5.75 Å². The SMILES string of the molecule is CC(C)(C)OC(=O)c1ncc(O)cc1F. The third kappa shape index (κ3) is 3.19. The number of hydrogen-bond acceptors (Lipinski definition) is 4. The Bertz CT molecular complexity index is 385. The molecule has 15 heavy (non-hydrogen) atoms. The zero-order chi connectivity index (χ0) is 11.6. The monoisotopic (exact) mass is 213 g/mol. The summed E-state index contributed by atoms with van der Waals surface area (Å²) in [5.74, 6) is -2.08. The predicted octanol–water partition coefficient (Wildman–Crippen LogP) is 1.88. The van der Waals surface area contributed by atoms with Crippen LogP contribution in [0, 0.1) is 5.82 Å². The highest BCUT2D eigenvalue weighted by Crippen LogP contribution is 2.15. The maximum absolute atomic E-state index is 13.2. The maximum Gasteiger partial charge on any atom is 0.360 e. The van der Waals surface area contributed by atoms with Crippen LogP contribution in [-0.4, -0.2) is 21.7 Å². The fourth-order valence-corrected chi connectivity index (χ4v) is 0.904. The lowest BCUT2D eigenvalue weighted by molar-refractivity contribution is 0.00575. The van der Waals surface area contributed by atoms with E-state index in [0.717, 1.165) is 12.3 Å². The average molecular weight is 213 g/mol. The Morgan fingerprint density at radius 1 is 1.53 bits per heavy atom. The number of nitrogens with zero attached hydrogens (tertiary/aromatic N) is 1. The van der Waals surface area contributed by atoms with E-state index in [1.54, 1.807) is 20.8 Å². The van der Waals surface area contributed by atoms with Crippen molar-refractivity contribution in [3.63, 3.8) is 0 Å². The number of aromatic nitrogens is 1. The van der Waals surface area contributed by atoms with Gasteiger partial charge in [0.05, 0.1) is 6.20 Å². The molecule has 0 atom stereocenters. The lowest BCUT2D eigenvalue weighted by atomic mass is 10.2. The fraction of sp³-hybridized carbons (Fsp3) is 0.400. The molecule has 0 bridgehead atoms. The Balaban J connectivity index is 2.92. The van der Waals surface area contributed by atoms with Gasteiger partial charge in [-0.1, -0.05) is 0 Å². The number of aromatic hydroxyl groups is 1. The van der Waals surface area contributed by atoms with Crippen molar-refractivity contribution < 1.29 is 19.0 Å². The van der Waals surface area contributed by atoms with Gasteiger partial charge in [-0.15, -0.1) is 0 Å². The highest BCUT2D eigenvalue weighted by molar-refractivity contribution is 5.87. The summed E-state index contributed by atoms with van der Waals surface area (Å²) >= 11 is 0. The number of hydrogen-bond donors (Lipinski definition) is 1. The van der Waals surface area contributed by atoms with Crippen LogP contribution < -0.4 is 0 Å². The van der Waals surface area contributed by atoms with Crippen LogP contribution in [0.4, 0.5) is 4.39 Å². The Hall–Kier alpha value is -1.65. The molecular formula is C10H12FNO3. The van der Waals surface area contributed by atoms with Crippen molar-refractivity contribution in [3.8, 4) is 5.75 Å². The normalized spacial score (nSPS) is 11.2. The van der Waals surface area contributed by atoms with Gasteiger partial charge in [0, 0.05) is 6.07 Å². The number of carbonyl (C=O) groups is 1. The van der Waals surface area contributed by atoms with E-state index in [2.05, 4.69) is 4.98 Å². The van der Waals surface area contributed by atoms with Gasteiger partial charge < -0.3 is 9.84 Å². The molecular weight excluding hydrogens is 201 g/mol. The highest BCUT2D eigenvalue weighted by Gasteiger charge is 2.22. The number of ether oxygens (including phenoxy) is 1. The number of rotatable bonds is 1. The molecule has 0 spiro atoms. The molecule has 82 valence electrons. The van der Waals surface area contributed by atoms with Gasteiger partial charge in [-0.2, -0.15) is 0 Å². The van der Waals surface area contributed by atoms with E-state index in [1.165, 1.54) is 0 Å². The van der Waals surface area contributed by atoms with Crippen LogP contribution in [0.5, 0.6) is 5.75 Å². The molecule has 1 aromatic heterocycles. The summed E-state index contributed by atoms with van der Waals surface area (Å²) in [6.45, 7) is 5.01. The van der Waals surface area contributed by atoms with E-state index >= 15 is 0 Å². The summed E-state index contributed by atoms with van der Waals surface area (Å²) in [5, 5.41) is 8.90. The molecule has 0 saturated heterocycles. The van der Waals surface area contributed by atoms with Crippen LogP contribution >= 0.6 is 0 Å². The van der Waals surface area contributed by atoms with Gasteiger partial charge in [0.15, 0.2) is 11.5 Å². The van der Waals surface area contributed by atoms with Crippen LogP contribution in [0.3, 0.4) is 0 Å². The largest absolute Gasteiger partial charge is 0.506 e. The Morgan fingerprint density at radius 3 is 2.60 bits per heavy atom. The molecule has 1 aromatic rings. The first-order valence-corrected chi connectivity index (χ1v) is 4.37. The topological polar surface area (TPSA) is 59.4 Å². The van der Waals surface area contributed by atoms with Gasteiger partial charge in [0.25, 0.3) is 0 Å². The Morgan fingerprint density at radius 2 is 2.13 bits per heavy atom. The van der Waals surface area contributed by atoms with Crippen LogP contribution in [0.1, 0.15) is 31.3 Å². The number of carbonyl (C=O) groups excluding carboxylic acids is 1. The molecule has 4 nitrogen and oxygen atoms in total. The van der Waals surface area contributed by atoms with Crippen molar-refractivity contribution in [1.82, 2.24) is 4.98 Å². The van der Waals surface area contributed by atoms with Crippen molar-refractivity contribution >= 4 is 5.97 Å². The third-order valence-electron chi connectivity index (χ3n) is 1.42. The number of halogens is 1. The second-order valence-electron chi connectivity index (χ2n) is 4.03. The molecule has 0 saturated carbocycles. The van der Waals surface area contributed by atoms with Crippen LogP contribution in [0.25, 0.3) is 0 Å². The fourth-order valence-electron chi connectivity index (χ4n) is 0.904. The lowest BCUT2D eigenvalue weighted by Crippen LogP contribution is -2.25. The second kappa shape index (κ2) is 3.84. The van der Waals surface area contributed by atoms with Gasteiger partial charge in [0.1, 0.15) is 11.4 Å². The molecule has 0 aromatic carbocycles. The van der Waals surface area contributed by atoms with Gasteiger partial charge in [0.2, 0.25) is 0 Å². The zero-order valence-corrected chi connectivity index (χ0v) is 8.74.